The van der Waals surface area contributed by atoms with E-state index in [1.807, 2.05) is 19.9 Å². The van der Waals surface area contributed by atoms with Crippen LogP contribution in [0.15, 0.2) is 18.5 Å². The number of halogens is 2. The number of pyridine rings is 1. The van der Waals surface area contributed by atoms with E-state index in [1.54, 1.807) is 0 Å². The Hall–Kier alpha value is -2.53. The molecule has 0 spiro atoms. The Morgan fingerprint density at radius 3 is 2.60 bits per heavy atom. The molecule has 2 aromatic heterocycles. The maximum absolute atomic E-state index is 12.9. The molecular formula is C17H20F2N6. The number of anilines is 1. The Kier molecular flexibility index (Phi) is 4.95. The van der Waals surface area contributed by atoms with Crippen LogP contribution >= 0.6 is 0 Å². The molecule has 6 nitrogen and oxygen atoms in total. The van der Waals surface area contributed by atoms with Crippen molar-refractivity contribution in [3.05, 3.63) is 41.1 Å². The van der Waals surface area contributed by atoms with Crippen LogP contribution in [0.1, 0.15) is 29.2 Å². The summed E-state index contributed by atoms with van der Waals surface area (Å²) in [6, 6.07) is 4.15. The van der Waals surface area contributed by atoms with Crippen molar-refractivity contribution in [3.63, 3.8) is 0 Å². The van der Waals surface area contributed by atoms with Crippen LogP contribution in [0.25, 0.3) is 0 Å². The molecule has 2 aromatic rings. The Morgan fingerprint density at radius 1 is 1.24 bits per heavy atom. The predicted molar refractivity (Wildman–Crippen MR) is 89.4 cm³/mol. The topological polar surface area (TPSA) is 61.0 Å². The van der Waals surface area contributed by atoms with Crippen molar-refractivity contribution in [1.29, 1.82) is 5.26 Å². The second-order valence-corrected chi connectivity index (χ2v) is 6.18. The van der Waals surface area contributed by atoms with Gasteiger partial charge in [0.15, 0.2) is 0 Å². The molecule has 0 amide bonds. The molecule has 3 rings (SSSR count). The number of hydrogen-bond donors (Lipinski definition) is 0. The lowest BCUT2D eigenvalue weighted by Gasteiger charge is -2.35. The standard InChI is InChI=1S/C17H20F2N6/c1-12-9-13(2)22-16(14(12)10-20)24-7-5-23(6-8-24)11-15-21-3-4-25(15)17(18)19/h3-4,9,17H,5-8,11H2,1-2H3. The summed E-state index contributed by atoms with van der Waals surface area (Å²) < 4.78 is 26.7. The maximum atomic E-state index is 12.9. The minimum absolute atomic E-state index is 0.366. The van der Waals surface area contributed by atoms with Gasteiger partial charge in [-0.05, 0) is 25.5 Å². The molecule has 25 heavy (non-hydrogen) atoms. The molecule has 0 N–H and O–H groups in total. The highest BCUT2D eigenvalue weighted by Crippen LogP contribution is 2.23. The van der Waals surface area contributed by atoms with Gasteiger partial charge in [-0.2, -0.15) is 14.0 Å². The lowest BCUT2D eigenvalue weighted by atomic mass is 10.1. The largest absolute Gasteiger partial charge is 0.353 e. The fraction of sp³-hybridized carbons (Fsp3) is 0.471. The number of piperazine rings is 1. The number of hydrogen-bond acceptors (Lipinski definition) is 5. The highest BCUT2D eigenvalue weighted by Gasteiger charge is 2.23. The van der Waals surface area contributed by atoms with Gasteiger partial charge in [-0.1, -0.05) is 0 Å². The number of rotatable bonds is 4. The van der Waals surface area contributed by atoms with E-state index in [-0.39, 0.29) is 0 Å². The minimum Gasteiger partial charge on any atom is -0.353 e. The van der Waals surface area contributed by atoms with E-state index in [0.717, 1.165) is 15.8 Å². The molecular weight excluding hydrogens is 326 g/mol. The summed E-state index contributed by atoms with van der Waals surface area (Å²) in [5.41, 5.74) is 2.41. The fourth-order valence-corrected chi connectivity index (χ4v) is 3.15. The van der Waals surface area contributed by atoms with Gasteiger partial charge in [0.05, 0.1) is 12.1 Å². The van der Waals surface area contributed by atoms with E-state index in [4.69, 9.17) is 0 Å². The van der Waals surface area contributed by atoms with Crippen molar-refractivity contribution < 1.29 is 8.78 Å². The minimum atomic E-state index is -2.57. The van der Waals surface area contributed by atoms with E-state index in [2.05, 4.69) is 25.8 Å². The average Bonchev–Trinajstić information content (AvgIpc) is 3.03. The first-order valence-electron chi connectivity index (χ1n) is 8.15. The molecule has 1 saturated heterocycles. The lowest BCUT2D eigenvalue weighted by Crippen LogP contribution is -2.46. The van der Waals surface area contributed by atoms with Crippen LogP contribution < -0.4 is 4.90 Å². The summed E-state index contributed by atoms with van der Waals surface area (Å²) in [7, 11) is 0. The maximum Gasteiger partial charge on any atom is 0.319 e. The second-order valence-electron chi connectivity index (χ2n) is 6.18. The molecule has 0 saturated carbocycles. The normalized spacial score (nSPS) is 15.6. The van der Waals surface area contributed by atoms with Crippen LogP contribution in [0.4, 0.5) is 14.6 Å². The molecule has 132 valence electrons. The average molecular weight is 346 g/mol. The molecule has 8 heteroatoms. The van der Waals surface area contributed by atoms with Crippen LogP contribution in [0, 0.1) is 25.2 Å². The molecule has 3 heterocycles. The van der Waals surface area contributed by atoms with Crippen molar-refractivity contribution in [1.82, 2.24) is 19.4 Å². The van der Waals surface area contributed by atoms with E-state index in [1.165, 1.54) is 12.4 Å². The van der Waals surface area contributed by atoms with E-state index in [0.29, 0.717) is 49.9 Å². The molecule has 0 atom stereocenters. The third-order valence-corrected chi connectivity index (χ3v) is 4.43. The zero-order valence-electron chi connectivity index (χ0n) is 14.3. The van der Waals surface area contributed by atoms with Gasteiger partial charge >= 0.3 is 6.55 Å². The van der Waals surface area contributed by atoms with Crippen molar-refractivity contribution in [2.75, 3.05) is 31.1 Å². The number of nitriles is 1. The van der Waals surface area contributed by atoms with Crippen LogP contribution in [0.5, 0.6) is 0 Å². The van der Waals surface area contributed by atoms with Gasteiger partial charge in [0.2, 0.25) is 0 Å². The molecule has 0 bridgehead atoms. The van der Waals surface area contributed by atoms with Crippen LogP contribution in [0.2, 0.25) is 0 Å². The molecule has 0 aliphatic carbocycles. The third-order valence-electron chi connectivity index (χ3n) is 4.43. The van der Waals surface area contributed by atoms with Gasteiger partial charge in [0, 0.05) is 44.3 Å². The first-order valence-corrected chi connectivity index (χ1v) is 8.15. The Labute approximate surface area is 145 Å². The number of imidazole rings is 1. The van der Waals surface area contributed by atoms with Crippen LogP contribution in [0.3, 0.4) is 0 Å². The first-order chi connectivity index (χ1) is 12.0. The van der Waals surface area contributed by atoms with E-state index in [9.17, 15) is 14.0 Å². The Morgan fingerprint density at radius 2 is 1.96 bits per heavy atom. The summed E-state index contributed by atoms with van der Waals surface area (Å²) in [5, 5.41) is 9.42. The number of aryl methyl sites for hydroxylation is 2. The summed E-state index contributed by atoms with van der Waals surface area (Å²) >= 11 is 0. The van der Waals surface area contributed by atoms with Crippen LogP contribution in [-0.4, -0.2) is 45.6 Å². The lowest BCUT2D eigenvalue weighted by molar-refractivity contribution is 0.0637. The van der Waals surface area contributed by atoms with Crippen LogP contribution in [-0.2, 0) is 6.54 Å². The monoisotopic (exact) mass is 346 g/mol. The van der Waals surface area contributed by atoms with Gasteiger partial charge in [0.25, 0.3) is 0 Å². The highest BCUT2D eigenvalue weighted by molar-refractivity contribution is 5.58. The number of alkyl halides is 2. The van der Waals surface area contributed by atoms with Gasteiger partial charge in [-0.3, -0.25) is 9.47 Å². The predicted octanol–water partition coefficient (Wildman–Crippen LogP) is 2.48. The highest BCUT2D eigenvalue weighted by atomic mass is 19.3. The summed E-state index contributed by atoms with van der Waals surface area (Å²) in [6.45, 7) is 4.44. The third kappa shape index (κ3) is 3.61. The smallest absolute Gasteiger partial charge is 0.319 e. The zero-order valence-corrected chi connectivity index (χ0v) is 14.3. The molecule has 1 aliphatic rings. The van der Waals surface area contributed by atoms with Crippen molar-refractivity contribution in [2.45, 2.75) is 26.9 Å². The number of aromatic nitrogens is 3. The molecule has 1 aliphatic heterocycles. The summed E-state index contributed by atoms with van der Waals surface area (Å²) in [5.74, 6) is 1.08. The van der Waals surface area contributed by atoms with E-state index >= 15 is 0 Å². The quantitative estimate of drug-likeness (QED) is 0.851. The fourth-order valence-electron chi connectivity index (χ4n) is 3.15. The molecule has 1 fully saturated rings. The van der Waals surface area contributed by atoms with Gasteiger partial charge in [-0.25, -0.2) is 9.97 Å². The zero-order chi connectivity index (χ0) is 18.0. The summed E-state index contributed by atoms with van der Waals surface area (Å²) in [6.07, 6.45) is 2.70. The SMILES string of the molecule is Cc1cc(C)c(C#N)c(N2CCN(Cc3nccn3C(F)F)CC2)n1. The molecule has 0 unspecified atom stereocenters. The van der Waals surface area contributed by atoms with E-state index < -0.39 is 6.55 Å². The van der Waals surface area contributed by atoms with Gasteiger partial charge in [-0.15, -0.1) is 0 Å². The second kappa shape index (κ2) is 7.15. The van der Waals surface area contributed by atoms with Gasteiger partial charge in [0.1, 0.15) is 17.7 Å². The Balaban J connectivity index is 1.69. The van der Waals surface area contributed by atoms with Crippen molar-refractivity contribution in [2.24, 2.45) is 0 Å². The van der Waals surface area contributed by atoms with Gasteiger partial charge < -0.3 is 4.90 Å². The summed E-state index contributed by atoms with van der Waals surface area (Å²) in [4.78, 5) is 12.7. The van der Waals surface area contributed by atoms with Crippen molar-refractivity contribution >= 4 is 5.82 Å². The molecule has 0 radical (unpaired) electrons. The number of nitrogens with zero attached hydrogens (tertiary/aromatic N) is 6. The van der Waals surface area contributed by atoms with Crippen molar-refractivity contribution in [3.8, 4) is 6.07 Å². The molecule has 0 aromatic carbocycles. The Bertz CT molecular complexity index is 787. The first kappa shape index (κ1) is 17.3.